The predicted molar refractivity (Wildman–Crippen MR) is 78.1 cm³/mol. The third-order valence-electron chi connectivity index (χ3n) is 3.08. The van der Waals surface area contributed by atoms with Gasteiger partial charge >= 0.3 is 0 Å². The van der Waals surface area contributed by atoms with E-state index in [1.54, 1.807) is 12.1 Å². The molecule has 0 fully saturated rings. The van der Waals surface area contributed by atoms with Crippen LogP contribution in [0.15, 0.2) is 30.3 Å². The molecule has 1 aromatic carbocycles. The molecule has 0 spiro atoms. The Hall–Kier alpha value is -1.70. The van der Waals surface area contributed by atoms with Crippen molar-refractivity contribution in [3.05, 3.63) is 45.2 Å². The van der Waals surface area contributed by atoms with E-state index >= 15 is 0 Å². The fraction of sp³-hybridized carbons (Fsp3) is 0.154. The van der Waals surface area contributed by atoms with Crippen molar-refractivity contribution in [2.75, 3.05) is 5.32 Å². The Bertz CT molecular complexity index is 679. The SMILES string of the molecule is Cc1nn2c(c1I)NC(=O)C(c1ccccc1)C2=O. The standard InChI is InChI=1S/C13H10IN3O2/c1-7-10(14)11-15-12(18)9(13(19)17(11)16-7)8-5-3-2-4-6-8/h2-6,9H,1H3,(H,15,18). The van der Waals surface area contributed by atoms with Crippen LogP contribution in [0.3, 0.4) is 0 Å². The molecule has 1 aliphatic heterocycles. The molecule has 2 aromatic rings. The van der Waals surface area contributed by atoms with Crippen LogP contribution in [0.1, 0.15) is 22.0 Å². The number of benzene rings is 1. The molecule has 1 atom stereocenters. The summed E-state index contributed by atoms with van der Waals surface area (Å²) in [5.74, 6) is -0.971. The van der Waals surface area contributed by atoms with Crippen molar-refractivity contribution in [2.45, 2.75) is 12.8 Å². The van der Waals surface area contributed by atoms with Crippen LogP contribution in [-0.2, 0) is 4.79 Å². The van der Waals surface area contributed by atoms with Crippen LogP contribution in [0, 0.1) is 10.5 Å². The fourth-order valence-corrected chi connectivity index (χ4v) is 2.61. The quantitative estimate of drug-likeness (QED) is 0.621. The first-order valence-electron chi connectivity index (χ1n) is 5.74. The zero-order valence-corrected chi connectivity index (χ0v) is 12.2. The number of aromatic nitrogens is 2. The second-order valence-electron chi connectivity index (χ2n) is 4.33. The van der Waals surface area contributed by atoms with Gasteiger partial charge in [-0.1, -0.05) is 30.3 Å². The van der Waals surface area contributed by atoms with Crippen LogP contribution in [0.5, 0.6) is 0 Å². The van der Waals surface area contributed by atoms with Gasteiger partial charge in [0.1, 0.15) is 5.92 Å². The van der Waals surface area contributed by atoms with Crippen molar-refractivity contribution >= 4 is 40.2 Å². The average Bonchev–Trinajstić information content (AvgIpc) is 2.68. The summed E-state index contributed by atoms with van der Waals surface area (Å²) in [6.45, 7) is 1.81. The van der Waals surface area contributed by atoms with Gasteiger partial charge in [-0.25, -0.2) is 0 Å². The molecule has 6 heteroatoms. The number of hydrogen-bond donors (Lipinski definition) is 1. The molecule has 0 aliphatic carbocycles. The number of nitrogens with zero attached hydrogens (tertiary/aromatic N) is 2. The van der Waals surface area contributed by atoms with Crippen LogP contribution in [0.2, 0.25) is 0 Å². The van der Waals surface area contributed by atoms with Gasteiger partial charge in [0.05, 0.1) is 9.26 Å². The number of anilines is 1. The maximum absolute atomic E-state index is 12.4. The lowest BCUT2D eigenvalue weighted by Crippen LogP contribution is -2.38. The molecule has 0 radical (unpaired) electrons. The van der Waals surface area contributed by atoms with Gasteiger partial charge in [-0.05, 0) is 35.1 Å². The molecule has 1 aromatic heterocycles. The number of hydrogen-bond acceptors (Lipinski definition) is 3. The Morgan fingerprint density at radius 2 is 1.95 bits per heavy atom. The molecule has 0 saturated heterocycles. The van der Waals surface area contributed by atoms with E-state index in [-0.39, 0.29) is 11.8 Å². The van der Waals surface area contributed by atoms with Crippen LogP contribution in [-0.4, -0.2) is 21.6 Å². The van der Waals surface area contributed by atoms with Crippen LogP contribution in [0.4, 0.5) is 5.82 Å². The second kappa shape index (κ2) is 4.44. The number of amides is 1. The third-order valence-corrected chi connectivity index (χ3v) is 4.37. The highest BCUT2D eigenvalue weighted by molar-refractivity contribution is 14.1. The van der Waals surface area contributed by atoms with E-state index in [9.17, 15) is 9.59 Å². The van der Waals surface area contributed by atoms with Crippen molar-refractivity contribution in [1.29, 1.82) is 0 Å². The van der Waals surface area contributed by atoms with Crippen LogP contribution >= 0.6 is 22.6 Å². The van der Waals surface area contributed by atoms with Crippen molar-refractivity contribution in [3.63, 3.8) is 0 Å². The molecule has 1 N–H and O–H groups in total. The molecule has 96 valence electrons. The lowest BCUT2D eigenvalue weighted by molar-refractivity contribution is -0.117. The number of aryl methyl sites for hydroxylation is 1. The monoisotopic (exact) mass is 367 g/mol. The van der Waals surface area contributed by atoms with Gasteiger partial charge in [-0.3, -0.25) is 9.59 Å². The predicted octanol–water partition coefficient (Wildman–Crippen LogP) is 2.17. The van der Waals surface area contributed by atoms with E-state index in [0.29, 0.717) is 11.4 Å². The van der Waals surface area contributed by atoms with Gasteiger partial charge < -0.3 is 5.32 Å². The van der Waals surface area contributed by atoms with Gasteiger partial charge in [-0.15, -0.1) is 0 Å². The highest BCUT2D eigenvalue weighted by atomic mass is 127. The number of nitrogens with one attached hydrogen (secondary N) is 1. The molecule has 0 saturated carbocycles. The van der Waals surface area contributed by atoms with E-state index in [1.165, 1.54) is 4.68 Å². The molecule has 19 heavy (non-hydrogen) atoms. The Labute approximate surface area is 123 Å². The smallest absolute Gasteiger partial charge is 0.265 e. The fourth-order valence-electron chi connectivity index (χ4n) is 2.14. The molecule has 0 bridgehead atoms. The molecule has 3 rings (SSSR count). The maximum atomic E-state index is 12.4. The zero-order valence-electron chi connectivity index (χ0n) is 10.1. The minimum absolute atomic E-state index is 0.304. The van der Waals surface area contributed by atoms with E-state index in [0.717, 1.165) is 9.26 Å². The molecule has 1 aliphatic rings. The van der Waals surface area contributed by atoms with Crippen molar-refractivity contribution < 1.29 is 9.59 Å². The Morgan fingerprint density at radius 3 is 2.63 bits per heavy atom. The summed E-state index contributed by atoms with van der Waals surface area (Å²) in [5, 5.41) is 6.95. The highest BCUT2D eigenvalue weighted by Crippen LogP contribution is 2.30. The lowest BCUT2D eigenvalue weighted by Gasteiger charge is -2.22. The van der Waals surface area contributed by atoms with Gasteiger partial charge in [0, 0.05) is 0 Å². The normalized spacial score (nSPS) is 18.1. The molecule has 1 unspecified atom stereocenters. The largest absolute Gasteiger partial charge is 0.309 e. The lowest BCUT2D eigenvalue weighted by atomic mass is 9.96. The number of rotatable bonds is 1. The third kappa shape index (κ3) is 1.86. The van der Waals surface area contributed by atoms with Crippen LogP contribution in [0.25, 0.3) is 0 Å². The minimum Gasteiger partial charge on any atom is -0.309 e. The van der Waals surface area contributed by atoms with Crippen LogP contribution < -0.4 is 5.32 Å². The molecule has 2 heterocycles. The van der Waals surface area contributed by atoms with Gasteiger partial charge in [0.25, 0.3) is 5.91 Å². The average molecular weight is 367 g/mol. The summed E-state index contributed by atoms with van der Waals surface area (Å²) in [4.78, 5) is 24.6. The maximum Gasteiger partial charge on any atom is 0.265 e. The number of halogens is 1. The molecular weight excluding hydrogens is 357 g/mol. The summed E-state index contributed by atoms with van der Waals surface area (Å²) in [6, 6.07) is 9.01. The van der Waals surface area contributed by atoms with E-state index in [1.807, 2.05) is 25.1 Å². The zero-order chi connectivity index (χ0) is 13.6. The number of carbonyl (C=O) groups excluding carboxylic acids is 2. The Morgan fingerprint density at radius 1 is 1.26 bits per heavy atom. The summed E-state index contributed by atoms with van der Waals surface area (Å²) in [6.07, 6.45) is 0. The summed E-state index contributed by atoms with van der Waals surface area (Å²) < 4.78 is 2.08. The Balaban J connectivity index is 2.11. The first-order chi connectivity index (χ1) is 9.09. The molecule has 5 nitrogen and oxygen atoms in total. The highest BCUT2D eigenvalue weighted by Gasteiger charge is 2.37. The summed E-state index contributed by atoms with van der Waals surface area (Å²) >= 11 is 2.07. The van der Waals surface area contributed by atoms with Gasteiger partial charge in [-0.2, -0.15) is 9.78 Å². The van der Waals surface area contributed by atoms with Crippen molar-refractivity contribution in [1.82, 2.24) is 9.78 Å². The van der Waals surface area contributed by atoms with Crippen molar-refractivity contribution in [2.24, 2.45) is 0 Å². The van der Waals surface area contributed by atoms with Gasteiger partial charge in [0.2, 0.25) is 5.91 Å². The minimum atomic E-state index is -0.830. The topological polar surface area (TPSA) is 64.0 Å². The van der Waals surface area contributed by atoms with Crippen molar-refractivity contribution in [3.8, 4) is 0 Å². The van der Waals surface area contributed by atoms with E-state index in [4.69, 9.17) is 0 Å². The molecular formula is C13H10IN3O2. The summed E-state index contributed by atoms with van der Waals surface area (Å²) in [5.41, 5.74) is 1.41. The first-order valence-corrected chi connectivity index (χ1v) is 6.82. The first kappa shape index (κ1) is 12.3. The van der Waals surface area contributed by atoms with E-state index in [2.05, 4.69) is 33.0 Å². The van der Waals surface area contributed by atoms with E-state index < -0.39 is 5.92 Å². The Kier molecular flexibility index (Phi) is 2.89. The second-order valence-corrected chi connectivity index (χ2v) is 5.41. The molecule has 1 amide bonds. The number of fused-ring (bicyclic) bond motifs is 1. The number of carbonyl (C=O) groups is 2. The van der Waals surface area contributed by atoms with Gasteiger partial charge in [0.15, 0.2) is 5.82 Å². The summed E-state index contributed by atoms with van der Waals surface area (Å²) in [7, 11) is 0.